The Bertz CT molecular complexity index is 1780. The predicted octanol–water partition coefficient (Wildman–Crippen LogP) is 4.56. The molecule has 0 saturated heterocycles. The molecular weight excluding hydrogens is 606 g/mol. The number of anilines is 3. The van der Waals surface area contributed by atoms with Crippen molar-refractivity contribution in [2.75, 3.05) is 29.8 Å². The van der Waals surface area contributed by atoms with Crippen molar-refractivity contribution in [2.24, 2.45) is 0 Å². The Morgan fingerprint density at radius 2 is 1.98 bits per heavy atom. The number of aliphatic hydroxyl groups is 1. The van der Waals surface area contributed by atoms with Gasteiger partial charge in [0.2, 0.25) is 0 Å². The minimum atomic E-state index is -3.85. The highest BCUT2D eigenvalue weighted by Crippen LogP contribution is 2.41. The van der Waals surface area contributed by atoms with Crippen molar-refractivity contribution in [1.29, 1.82) is 0 Å². The molecule has 1 saturated carbocycles. The second-order valence-electron chi connectivity index (χ2n) is 9.88. The second-order valence-corrected chi connectivity index (χ2v) is 11.8. The Balaban J connectivity index is 1.52. The molecule has 1 heterocycles. The maximum absolute atomic E-state index is 16.0. The number of hydrogen-bond donors (Lipinski definition) is 5. The van der Waals surface area contributed by atoms with E-state index >= 15 is 4.39 Å². The summed E-state index contributed by atoms with van der Waals surface area (Å²) in [5, 5.41) is 11.8. The molecule has 0 aliphatic heterocycles. The van der Waals surface area contributed by atoms with Gasteiger partial charge >= 0.3 is 0 Å². The number of amides is 1. The number of nitrogens with one attached hydrogen (secondary N) is 4. The zero-order valence-electron chi connectivity index (χ0n) is 23.0. The van der Waals surface area contributed by atoms with Crippen LogP contribution in [-0.2, 0) is 21.6 Å². The lowest BCUT2D eigenvalue weighted by Gasteiger charge is -2.16. The van der Waals surface area contributed by atoms with E-state index in [1.54, 1.807) is 25.1 Å². The summed E-state index contributed by atoms with van der Waals surface area (Å²) in [7, 11) is -3.85. The van der Waals surface area contributed by atoms with Crippen LogP contribution >= 0.6 is 11.6 Å². The number of fused-ring (bicyclic) bond motifs is 1. The highest BCUT2D eigenvalue weighted by atomic mass is 35.5. The summed E-state index contributed by atoms with van der Waals surface area (Å²) in [6, 6.07) is 10.8. The van der Waals surface area contributed by atoms with Crippen LogP contribution in [0.4, 0.5) is 25.8 Å². The molecule has 0 bridgehead atoms. The molecule has 15 heteroatoms. The molecule has 0 atom stereocenters. The third-order valence-electron chi connectivity index (χ3n) is 6.76. The highest BCUT2D eigenvalue weighted by molar-refractivity contribution is 7.90. The van der Waals surface area contributed by atoms with Gasteiger partial charge in [-0.1, -0.05) is 36.7 Å². The first-order chi connectivity index (χ1) is 20.6. The first-order valence-corrected chi connectivity index (χ1v) is 15.3. The van der Waals surface area contributed by atoms with Gasteiger partial charge in [-0.05, 0) is 54.2 Å². The summed E-state index contributed by atoms with van der Waals surface area (Å²) in [5.74, 6) is -2.05. The molecular formula is C28H29ClF2N6O5S. The quantitative estimate of drug-likeness (QED) is 0.107. The predicted molar refractivity (Wildman–Crippen MR) is 159 cm³/mol. The maximum atomic E-state index is 16.0. The van der Waals surface area contributed by atoms with Crippen LogP contribution in [0, 0.1) is 11.6 Å². The lowest BCUT2D eigenvalue weighted by atomic mass is 10.1. The van der Waals surface area contributed by atoms with E-state index in [1.807, 2.05) is 0 Å². The lowest BCUT2D eigenvalue weighted by Crippen LogP contribution is -2.29. The lowest BCUT2D eigenvalue weighted by molar-refractivity contribution is 0.0169. The number of aliphatic hydroxyl groups excluding tert-OH is 1. The van der Waals surface area contributed by atoms with Gasteiger partial charge in [0.05, 0.1) is 59.3 Å². The minimum Gasteiger partial charge on any atom is -0.394 e. The fourth-order valence-electron chi connectivity index (χ4n) is 4.58. The van der Waals surface area contributed by atoms with Crippen LogP contribution < -0.4 is 20.2 Å². The summed E-state index contributed by atoms with van der Waals surface area (Å²) in [4.78, 5) is 22.2. The molecule has 3 aromatic carbocycles. The maximum Gasteiger partial charge on any atom is 0.299 e. The smallest absolute Gasteiger partial charge is 0.299 e. The Morgan fingerprint density at radius 3 is 2.67 bits per heavy atom. The fourth-order valence-corrected chi connectivity index (χ4v) is 5.78. The molecule has 43 heavy (non-hydrogen) atoms. The van der Waals surface area contributed by atoms with Gasteiger partial charge in [-0.2, -0.15) is 13.1 Å². The number of nitrogens with zero attached hydrogens (tertiary/aromatic N) is 2. The van der Waals surface area contributed by atoms with Crippen molar-refractivity contribution in [3.05, 3.63) is 82.1 Å². The van der Waals surface area contributed by atoms with Crippen LogP contribution in [0.5, 0.6) is 0 Å². The minimum absolute atomic E-state index is 0.0315. The topological polar surface area (TPSA) is 147 Å². The van der Waals surface area contributed by atoms with Crippen LogP contribution in [-0.4, -0.2) is 48.7 Å². The molecule has 11 nitrogen and oxygen atoms in total. The fraction of sp³-hybridized carbons (Fsp3) is 0.286. The highest BCUT2D eigenvalue weighted by Gasteiger charge is 2.26. The summed E-state index contributed by atoms with van der Waals surface area (Å²) in [6.07, 6.45) is 3.32. The Kier molecular flexibility index (Phi) is 9.13. The number of hydroxylamine groups is 1. The van der Waals surface area contributed by atoms with Crippen molar-refractivity contribution in [1.82, 2.24) is 19.8 Å². The summed E-state index contributed by atoms with van der Waals surface area (Å²) >= 11 is 6.52. The normalized spacial score (nSPS) is 13.3. The number of benzene rings is 3. The van der Waals surface area contributed by atoms with E-state index in [0.717, 1.165) is 18.4 Å². The third-order valence-corrected chi connectivity index (χ3v) is 8.36. The largest absolute Gasteiger partial charge is 0.394 e. The second kappa shape index (κ2) is 12.8. The van der Waals surface area contributed by atoms with Gasteiger partial charge in [0, 0.05) is 6.54 Å². The molecule has 5 N–H and O–H groups in total. The first kappa shape index (κ1) is 30.6. The molecule has 4 aromatic rings. The SMILES string of the molecule is CCNS(=O)(=O)Nc1cccc(Cn2cnc3c(F)c(Nc4ccc(C5CC5)cc4F)c(C(=O)NOCCO)cc32)c1Cl. The molecule has 0 radical (unpaired) electrons. The summed E-state index contributed by atoms with van der Waals surface area (Å²) < 4.78 is 61.6. The van der Waals surface area contributed by atoms with Crippen LogP contribution in [0.2, 0.25) is 5.02 Å². The van der Waals surface area contributed by atoms with Crippen LogP contribution in [0.1, 0.15) is 47.2 Å². The van der Waals surface area contributed by atoms with E-state index in [0.29, 0.717) is 11.5 Å². The molecule has 1 aliphatic carbocycles. The van der Waals surface area contributed by atoms with E-state index in [-0.39, 0.29) is 65.0 Å². The molecule has 228 valence electrons. The number of hydrogen-bond acceptors (Lipinski definition) is 7. The van der Waals surface area contributed by atoms with E-state index in [4.69, 9.17) is 21.5 Å². The Morgan fingerprint density at radius 1 is 1.19 bits per heavy atom. The van der Waals surface area contributed by atoms with Gasteiger partial charge in [-0.3, -0.25) is 14.4 Å². The first-order valence-electron chi connectivity index (χ1n) is 13.4. The van der Waals surface area contributed by atoms with Crippen LogP contribution in [0.25, 0.3) is 11.0 Å². The molecule has 1 aromatic heterocycles. The summed E-state index contributed by atoms with van der Waals surface area (Å²) in [5.41, 5.74) is 3.16. The number of aromatic nitrogens is 2. The van der Waals surface area contributed by atoms with Crippen molar-refractivity contribution < 1.29 is 31.9 Å². The zero-order valence-corrected chi connectivity index (χ0v) is 24.5. The summed E-state index contributed by atoms with van der Waals surface area (Å²) in [6.45, 7) is 1.28. The number of rotatable bonds is 13. The van der Waals surface area contributed by atoms with Crippen molar-refractivity contribution >= 4 is 55.8 Å². The molecule has 1 aliphatic rings. The van der Waals surface area contributed by atoms with Crippen LogP contribution in [0.15, 0.2) is 48.8 Å². The van der Waals surface area contributed by atoms with Crippen molar-refractivity contribution in [2.45, 2.75) is 32.2 Å². The van der Waals surface area contributed by atoms with Gasteiger partial charge in [-0.25, -0.2) is 19.2 Å². The van der Waals surface area contributed by atoms with Gasteiger partial charge < -0.3 is 15.0 Å². The van der Waals surface area contributed by atoms with Gasteiger partial charge in [-0.15, -0.1) is 0 Å². The average Bonchev–Trinajstić information content (AvgIpc) is 3.74. The zero-order chi connectivity index (χ0) is 30.7. The van der Waals surface area contributed by atoms with E-state index in [2.05, 4.69) is 25.2 Å². The number of carbonyl (C=O) groups is 1. The van der Waals surface area contributed by atoms with Gasteiger partial charge in [0.15, 0.2) is 5.82 Å². The van der Waals surface area contributed by atoms with E-state index in [1.165, 1.54) is 35.2 Å². The van der Waals surface area contributed by atoms with Gasteiger partial charge in [0.25, 0.3) is 16.1 Å². The molecule has 0 spiro atoms. The number of halogens is 3. The van der Waals surface area contributed by atoms with Gasteiger partial charge in [0.1, 0.15) is 11.3 Å². The van der Waals surface area contributed by atoms with E-state index < -0.39 is 27.8 Å². The molecule has 5 rings (SSSR count). The standard InChI is InChI=1S/C28H29ClF2N6O5S/c1-2-33-43(40,41)36-22-5-3-4-18(24(22)29)14-37-15-32-27-23(37)13-19(28(39)35-42-11-10-38)26(25(27)31)34-21-9-8-17(12-20(21)30)16-6-7-16/h3-5,8-9,12-13,15-16,33-34,36,38H,2,6-7,10-11,14H2,1H3,(H,35,39). The van der Waals surface area contributed by atoms with Crippen LogP contribution in [0.3, 0.4) is 0 Å². The third kappa shape index (κ3) is 6.89. The molecule has 0 unspecified atom stereocenters. The molecule has 1 fully saturated rings. The monoisotopic (exact) mass is 634 g/mol. The van der Waals surface area contributed by atoms with Crippen molar-refractivity contribution in [3.8, 4) is 0 Å². The number of carbonyl (C=O) groups excluding carboxylic acids is 1. The number of imidazole rings is 1. The Labute approximate surface area is 251 Å². The molecule has 1 amide bonds. The Hall–Kier alpha value is -3.82. The average molecular weight is 635 g/mol. The van der Waals surface area contributed by atoms with Crippen molar-refractivity contribution in [3.63, 3.8) is 0 Å². The van der Waals surface area contributed by atoms with E-state index in [9.17, 15) is 17.6 Å².